The topological polar surface area (TPSA) is 72.0 Å². The number of benzene rings is 1. The Morgan fingerprint density at radius 1 is 1.12 bits per heavy atom. The summed E-state index contributed by atoms with van der Waals surface area (Å²) in [5.74, 6) is 0.124. The zero-order valence-electron chi connectivity index (χ0n) is 15.2. The molecular formula is C17H24F3N3O3. The molecule has 1 aromatic rings. The van der Waals surface area contributed by atoms with E-state index in [0.29, 0.717) is 12.5 Å². The highest BCUT2D eigenvalue weighted by Crippen LogP contribution is 2.18. The van der Waals surface area contributed by atoms with E-state index in [1.54, 1.807) is 40.0 Å². The number of esters is 1. The molecule has 0 radical (unpaired) electrons. The zero-order valence-corrected chi connectivity index (χ0v) is 15.2. The molecule has 0 spiro atoms. The first-order valence-corrected chi connectivity index (χ1v) is 7.93. The highest BCUT2D eigenvalue weighted by molar-refractivity contribution is 5.84. The molecule has 0 aliphatic heterocycles. The number of guanidine groups is 1. The van der Waals surface area contributed by atoms with Gasteiger partial charge in [-0.15, -0.1) is 0 Å². The fraction of sp³-hybridized carbons (Fsp3) is 0.529. The lowest BCUT2D eigenvalue weighted by molar-refractivity contribution is -0.154. The number of carbonyl (C=O) groups excluding carboxylic acids is 1. The molecule has 9 heteroatoms. The summed E-state index contributed by atoms with van der Waals surface area (Å²) < 4.78 is 46.1. The van der Waals surface area contributed by atoms with Gasteiger partial charge in [0.05, 0.1) is 0 Å². The first-order chi connectivity index (χ1) is 12.0. The van der Waals surface area contributed by atoms with E-state index in [9.17, 15) is 18.0 Å². The van der Waals surface area contributed by atoms with Crippen LogP contribution in [0.25, 0.3) is 0 Å². The monoisotopic (exact) mass is 375 g/mol. The molecule has 1 rings (SSSR count). The van der Waals surface area contributed by atoms with E-state index in [0.717, 1.165) is 5.56 Å². The Morgan fingerprint density at radius 2 is 1.73 bits per heavy atom. The summed E-state index contributed by atoms with van der Waals surface area (Å²) in [5, 5.41) is 5.81. The number of rotatable bonds is 6. The van der Waals surface area contributed by atoms with Gasteiger partial charge >= 0.3 is 12.1 Å². The van der Waals surface area contributed by atoms with Crippen LogP contribution in [0.15, 0.2) is 29.3 Å². The second-order valence-corrected chi connectivity index (χ2v) is 6.41. The molecule has 0 heterocycles. The minimum absolute atomic E-state index is 0.0405. The van der Waals surface area contributed by atoms with Gasteiger partial charge in [-0.25, -0.2) is 0 Å². The Morgan fingerprint density at radius 3 is 2.23 bits per heavy atom. The number of hydrogen-bond acceptors (Lipinski definition) is 4. The van der Waals surface area contributed by atoms with Crippen molar-refractivity contribution in [1.29, 1.82) is 0 Å². The highest BCUT2D eigenvalue weighted by Gasteiger charge is 2.28. The predicted molar refractivity (Wildman–Crippen MR) is 92.0 cm³/mol. The van der Waals surface area contributed by atoms with Crippen LogP contribution in [0.2, 0.25) is 0 Å². The maximum atomic E-state index is 12.1. The van der Waals surface area contributed by atoms with E-state index in [-0.39, 0.29) is 12.3 Å². The molecule has 0 aliphatic rings. The van der Waals surface area contributed by atoms with Gasteiger partial charge in [0.1, 0.15) is 17.9 Å². The maximum absolute atomic E-state index is 12.1. The van der Waals surface area contributed by atoms with Gasteiger partial charge < -0.3 is 20.1 Å². The van der Waals surface area contributed by atoms with Gasteiger partial charge in [-0.1, -0.05) is 12.1 Å². The van der Waals surface area contributed by atoms with E-state index in [1.165, 1.54) is 12.1 Å². The Balaban J connectivity index is 2.43. The molecule has 0 bridgehead atoms. The number of alkyl halides is 3. The summed E-state index contributed by atoms with van der Waals surface area (Å²) in [4.78, 5) is 15.6. The number of nitrogens with zero attached hydrogens (tertiary/aromatic N) is 1. The van der Waals surface area contributed by atoms with Gasteiger partial charge in [0.15, 0.2) is 12.6 Å². The third kappa shape index (κ3) is 9.75. The molecule has 0 fully saturated rings. The quantitative estimate of drug-likeness (QED) is 0.454. The number of halogens is 3. The molecule has 1 aromatic carbocycles. The smallest absolute Gasteiger partial charge is 0.422 e. The second kappa shape index (κ2) is 9.30. The SMILES string of the molecule is CN=C(NCC(=O)OC(C)(C)C)NCc1ccc(OCC(F)(F)F)cc1. The summed E-state index contributed by atoms with van der Waals surface area (Å²) in [7, 11) is 1.55. The number of carbonyl (C=O) groups is 1. The summed E-state index contributed by atoms with van der Waals surface area (Å²) in [6.07, 6.45) is -4.37. The largest absolute Gasteiger partial charge is 0.484 e. The molecule has 2 N–H and O–H groups in total. The molecule has 146 valence electrons. The normalized spacial score (nSPS) is 12.5. The average molecular weight is 375 g/mol. The lowest BCUT2D eigenvalue weighted by Gasteiger charge is -2.20. The van der Waals surface area contributed by atoms with Crippen molar-refractivity contribution in [2.45, 2.75) is 39.1 Å². The van der Waals surface area contributed by atoms with Crippen LogP contribution >= 0.6 is 0 Å². The van der Waals surface area contributed by atoms with E-state index in [1.807, 2.05) is 0 Å². The Kier molecular flexibility index (Phi) is 7.73. The van der Waals surface area contributed by atoms with Crippen LogP contribution in [-0.4, -0.2) is 43.9 Å². The molecule has 0 saturated carbocycles. The predicted octanol–water partition coefficient (Wildman–Crippen LogP) is 2.63. The molecule has 0 amide bonds. The Labute approximate surface area is 150 Å². The lowest BCUT2D eigenvalue weighted by atomic mass is 10.2. The van der Waals surface area contributed by atoms with Crippen LogP contribution in [0.1, 0.15) is 26.3 Å². The van der Waals surface area contributed by atoms with Crippen molar-refractivity contribution in [2.75, 3.05) is 20.2 Å². The summed E-state index contributed by atoms with van der Waals surface area (Å²) in [6, 6.07) is 6.19. The molecule has 0 atom stereocenters. The first-order valence-electron chi connectivity index (χ1n) is 7.93. The molecule has 26 heavy (non-hydrogen) atoms. The van der Waals surface area contributed by atoms with Crippen molar-refractivity contribution in [3.05, 3.63) is 29.8 Å². The van der Waals surface area contributed by atoms with Crippen molar-refractivity contribution in [3.8, 4) is 5.75 Å². The van der Waals surface area contributed by atoms with Crippen LogP contribution in [-0.2, 0) is 16.1 Å². The van der Waals surface area contributed by atoms with Crippen LogP contribution in [0.4, 0.5) is 13.2 Å². The minimum Gasteiger partial charge on any atom is -0.484 e. The molecular weight excluding hydrogens is 351 g/mol. The third-order valence-corrected chi connectivity index (χ3v) is 2.83. The van der Waals surface area contributed by atoms with Gasteiger partial charge in [-0.2, -0.15) is 13.2 Å². The third-order valence-electron chi connectivity index (χ3n) is 2.83. The highest BCUT2D eigenvalue weighted by atomic mass is 19.4. The molecule has 0 unspecified atom stereocenters. The van der Waals surface area contributed by atoms with Gasteiger partial charge in [0.2, 0.25) is 0 Å². The molecule has 0 saturated heterocycles. The number of nitrogens with one attached hydrogen (secondary N) is 2. The summed E-state index contributed by atoms with van der Waals surface area (Å²) in [6.45, 7) is 4.33. The van der Waals surface area contributed by atoms with Crippen molar-refractivity contribution >= 4 is 11.9 Å². The van der Waals surface area contributed by atoms with E-state index >= 15 is 0 Å². The van der Waals surface area contributed by atoms with Crippen molar-refractivity contribution in [2.24, 2.45) is 4.99 Å². The number of ether oxygens (including phenoxy) is 2. The fourth-order valence-electron chi connectivity index (χ4n) is 1.81. The Bertz CT molecular complexity index is 608. The average Bonchev–Trinajstić information content (AvgIpc) is 2.51. The van der Waals surface area contributed by atoms with Gasteiger partial charge in [-0.3, -0.25) is 9.79 Å². The summed E-state index contributed by atoms with van der Waals surface area (Å²) in [5.41, 5.74) is 0.246. The van der Waals surface area contributed by atoms with Crippen molar-refractivity contribution in [3.63, 3.8) is 0 Å². The fourth-order valence-corrected chi connectivity index (χ4v) is 1.81. The minimum atomic E-state index is -4.37. The van der Waals surface area contributed by atoms with Crippen LogP contribution in [0.3, 0.4) is 0 Å². The van der Waals surface area contributed by atoms with Crippen LogP contribution in [0, 0.1) is 0 Å². The maximum Gasteiger partial charge on any atom is 0.422 e. The Hall–Kier alpha value is -2.45. The van der Waals surface area contributed by atoms with Gasteiger partial charge in [-0.05, 0) is 38.5 Å². The van der Waals surface area contributed by atoms with E-state index in [2.05, 4.69) is 20.4 Å². The van der Waals surface area contributed by atoms with E-state index in [4.69, 9.17) is 4.74 Å². The molecule has 0 aromatic heterocycles. The molecule has 0 aliphatic carbocycles. The number of hydrogen-bond donors (Lipinski definition) is 2. The van der Waals surface area contributed by atoms with E-state index < -0.39 is 24.4 Å². The second-order valence-electron chi connectivity index (χ2n) is 6.41. The van der Waals surface area contributed by atoms with Crippen LogP contribution < -0.4 is 15.4 Å². The lowest BCUT2D eigenvalue weighted by Crippen LogP contribution is -2.41. The number of aliphatic imine (C=N–C) groups is 1. The molecule has 6 nitrogen and oxygen atoms in total. The first kappa shape index (κ1) is 21.6. The zero-order chi connectivity index (χ0) is 19.8. The van der Waals surface area contributed by atoms with Crippen molar-refractivity contribution < 1.29 is 27.4 Å². The standard InChI is InChI=1S/C17H24F3N3O3/c1-16(2,3)26-14(24)10-23-15(21-4)22-9-12-5-7-13(8-6-12)25-11-17(18,19)20/h5-8H,9-11H2,1-4H3,(H2,21,22,23). The van der Waals surface area contributed by atoms with Crippen molar-refractivity contribution in [1.82, 2.24) is 10.6 Å². The summed E-state index contributed by atoms with van der Waals surface area (Å²) >= 11 is 0. The van der Waals surface area contributed by atoms with Gasteiger partial charge in [0.25, 0.3) is 0 Å². The van der Waals surface area contributed by atoms with Crippen LogP contribution in [0.5, 0.6) is 5.75 Å². The van der Waals surface area contributed by atoms with Gasteiger partial charge in [0, 0.05) is 13.6 Å².